The lowest BCUT2D eigenvalue weighted by molar-refractivity contribution is 0.00578. The molecule has 1 aliphatic heterocycles. The van der Waals surface area contributed by atoms with E-state index in [2.05, 4.69) is 9.71 Å². The smallest absolute Gasteiger partial charge is 0.399 e. The van der Waals surface area contributed by atoms with Crippen molar-refractivity contribution in [2.75, 3.05) is 11.0 Å². The van der Waals surface area contributed by atoms with Crippen LogP contribution in [0.5, 0.6) is 0 Å². The third kappa shape index (κ3) is 2.97. The highest BCUT2D eigenvalue weighted by Gasteiger charge is 2.52. The van der Waals surface area contributed by atoms with Gasteiger partial charge in [-0.15, -0.1) is 0 Å². The van der Waals surface area contributed by atoms with Crippen LogP contribution in [-0.2, 0) is 19.3 Å². The molecule has 0 unspecified atom stereocenters. The van der Waals surface area contributed by atoms with Gasteiger partial charge in [0, 0.05) is 11.7 Å². The largest absolute Gasteiger partial charge is 0.497 e. The zero-order chi connectivity index (χ0) is 15.2. The molecule has 0 atom stereocenters. The molecule has 2 heterocycles. The Kier molecular flexibility index (Phi) is 3.60. The molecule has 1 aromatic rings. The second kappa shape index (κ2) is 4.72. The molecule has 0 saturated carbocycles. The van der Waals surface area contributed by atoms with Crippen molar-refractivity contribution in [1.82, 2.24) is 4.98 Å². The van der Waals surface area contributed by atoms with Gasteiger partial charge >= 0.3 is 7.12 Å². The molecule has 110 valence electrons. The molecule has 0 amide bonds. The average molecular weight is 298 g/mol. The number of sulfonamides is 1. The Morgan fingerprint density at radius 3 is 2.25 bits per heavy atom. The first-order valence-corrected chi connectivity index (χ1v) is 8.18. The molecule has 0 bridgehead atoms. The highest BCUT2D eigenvalue weighted by atomic mass is 32.2. The summed E-state index contributed by atoms with van der Waals surface area (Å²) >= 11 is 0. The molecule has 0 radical (unpaired) electrons. The number of nitrogens with one attached hydrogen (secondary N) is 1. The van der Waals surface area contributed by atoms with Gasteiger partial charge in [0.05, 0.1) is 29.3 Å². The van der Waals surface area contributed by atoms with Crippen LogP contribution in [0, 0.1) is 0 Å². The van der Waals surface area contributed by atoms with Crippen LogP contribution in [0.4, 0.5) is 5.69 Å². The van der Waals surface area contributed by atoms with Crippen LogP contribution in [0.25, 0.3) is 0 Å². The molecule has 0 spiro atoms. The predicted molar refractivity (Wildman–Crippen MR) is 78.4 cm³/mol. The summed E-state index contributed by atoms with van der Waals surface area (Å²) < 4.78 is 37.1. The van der Waals surface area contributed by atoms with E-state index >= 15 is 0 Å². The van der Waals surface area contributed by atoms with Gasteiger partial charge in [0.15, 0.2) is 0 Å². The highest BCUT2D eigenvalue weighted by Crippen LogP contribution is 2.36. The van der Waals surface area contributed by atoms with E-state index in [-0.39, 0.29) is 0 Å². The van der Waals surface area contributed by atoms with E-state index in [9.17, 15) is 8.42 Å². The summed E-state index contributed by atoms with van der Waals surface area (Å²) in [6.07, 6.45) is 4.11. The molecule has 6 nitrogen and oxygen atoms in total. The Morgan fingerprint density at radius 2 is 1.75 bits per heavy atom. The van der Waals surface area contributed by atoms with Crippen molar-refractivity contribution in [1.29, 1.82) is 0 Å². The first-order valence-electron chi connectivity index (χ1n) is 6.29. The zero-order valence-electron chi connectivity index (χ0n) is 12.3. The Morgan fingerprint density at radius 1 is 1.20 bits per heavy atom. The third-order valence-corrected chi connectivity index (χ3v) is 4.25. The second-order valence-electron chi connectivity index (χ2n) is 5.93. The van der Waals surface area contributed by atoms with Crippen LogP contribution >= 0.6 is 0 Å². The van der Waals surface area contributed by atoms with Crippen LogP contribution in [0.15, 0.2) is 18.5 Å². The third-order valence-electron chi connectivity index (χ3n) is 3.66. The quantitative estimate of drug-likeness (QED) is 0.833. The number of aromatic nitrogens is 1. The van der Waals surface area contributed by atoms with Crippen molar-refractivity contribution in [2.45, 2.75) is 38.9 Å². The summed E-state index contributed by atoms with van der Waals surface area (Å²) in [7, 11) is -4.02. The van der Waals surface area contributed by atoms with E-state index in [0.717, 1.165) is 6.26 Å². The maximum atomic E-state index is 11.4. The van der Waals surface area contributed by atoms with Crippen LogP contribution in [-0.4, -0.2) is 38.0 Å². The number of hydrogen-bond donors (Lipinski definition) is 1. The molecule has 1 aromatic heterocycles. The average Bonchev–Trinajstić information content (AvgIpc) is 2.46. The Hall–Kier alpha value is -1.12. The number of hydrogen-bond acceptors (Lipinski definition) is 5. The molecular formula is C12H19BN2O4S. The first-order chi connectivity index (χ1) is 9.02. The minimum absolute atomic E-state index is 0.369. The van der Waals surface area contributed by atoms with Crippen LogP contribution in [0.2, 0.25) is 0 Å². The molecule has 2 rings (SSSR count). The van der Waals surface area contributed by atoms with Crippen LogP contribution < -0.4 is 10.2 Å². The molecule has 1 aliphatic rings. The lowest BCUT2D eigenvalue weighted by Gasteiger charge is -2.32. The van der Waals surface area contributed by atoms with Crippen LogP contribution in [0.3, 0.4) is 0 Å². The van der Waals surface area contributed by atoms with Gasteiger partial charge < -0.3 is 9.31 Å². The number of rotatable bonds is 3. The van der Waals surface area contributed by atoms with Crippen molar-refractivity contribution in [2.24, 2.45) is 0 Å². The van der Waals surface area contributed by atoms with Gasteiger partial charge in [0.2, 0.25) is 10.0 Å². The van der Waals surface area contributed by atoms with E-state index < -0.39 is 28.3 Å². The fourth-order valence-electron chi connectivity index (χ4n) is 1.87. The molecule has 0 aliphatic carbocycles. The van der Waals surface area contributed by atoms with E-state index in [1.807, 2.05) is 27.7 Å². The van der Waals surface area contributed by atoms with E-state index in [1.165, 1.54) is 6.20 Å². The van der Waals surface area contributed by atoms with Crippen molar-refractivity contribution in [3.8, 4) is 0 Å². The normalized spacial score (nSPS) is 20.9. The topological polar surface area (TPSA) is 77.5 Å². The standard InChI is InChI=1S/C12H19BN2O4S/c1-11(2)12(3,4)19-13(18-11)9-6-7-14-8-10(9)15-20(5,16)17/h6-8,15H,1-5H3. The number of pyridine rings is 1. The summed E-state index contributed by atoms with van der Waals surface area (Å²) in [6, 6.07) is 1.69. The lowest BCUT2D eigenvalue weighted by Crippen LogP contribution is -2.41. The van der Waals surface area contributed by atoms with Gasteiger partial charge in [0.25, 0.3) is 0 Å². The van der Waals surface area contributed by atoms with E-state index in [4.69, 9.17) is 9.31 Å². The Labute approximate surface area is 120 Å². The molecule has 1 N–H and O–H groups in total. The maximum absolute atomic E-state index is 11.4. The van der Waals surface area contributed by atoms with Crippen molar-refractivity contribution in [3.63, 3.8) is 0 Å². The summed E-state index contributed by atoms with van der Waals surface area (Å²) in [5.41, 5.74) is 0.0182. The summed E-state index contributed by atoms with van der Waals surface area (Å²) in [5, 5.41) is 0. The lowest BCUT2D eigenvalue weighted by atomic mass is 9.78. The summed E-state index contributed by atoms with van der Waals surface area (Å²) in [4.78, 5) is 3.94. The second-order valence-corrected chi connectivity index (χ2v) is 7.67. The van der Waals surface area contributed by atoms with Crippen molar-refractivity contribution in [3.05, 3.63) is 18.5 Å². The number of nitrogens with zero attached hydrogens (tertiary/aromatic N) is 1. The maximum Gasteiger partial charge on any atom is 0.497 e. The molecule has 1 saturated heterocycles. The van der Waals surface area contributed by atoms with Gasteiger partial charge in [0.1, 0.15) is 0 Å². The summed E-state index contributed by atoms with van der Waals surface area (Å²) in [5.74, 6) is 0. The van der Waals surface area contributed by atoms with E-state index in [1.54, 1.807) is 12.3 Å². The van der Waals surface area contributed by atoms with Crippen LogP contribution in [0.1, 0.15) is 27.7 Å². The van der Waals surface area contributed by atoms with Gasteiger partial charge in [-0.2, -0.15) is 0 Å². The van der Waals surface area contributed by atoms with Crippen molar-refractivity contribution < 1.29 is 17.7 Å². The van der Waals surface area contributed by atoms with Gasteiger partial charge in [-0.1, -0.05) is 0 Å². The Balaban J connectivity index is 2.36. The molecule has 1 fully saturated rings. The predicted octanol–water partition coefficient (Wildman–Crippen LogP) is 0.752. The number of anilines is 1. The first kappa shape index (κ1) is 15.3. The zero-order valence-corrected chi connectivity index (χ0v) is 13.1. The van der Waals surface area contributed by atoms with Crippen molar-refractivity contribution >= 4 is 28.3 Å². The Bertz CT molecular complexity index is 600. The SMILES string of the molecule is CC1(C)OB(c2ccncc2NS(C)(=O)=O)OC1(C)C. The monoisotopic (exact) mass is 298 g/mol. The highest BCUT2D eigenvalue weighted by molar-refractivity contribution is 7.92. The minimum atomic E-state index is -3.39. The fraction of sp³-hybridized carbons (Fsp3) is 0.583. The van der Waals surface area contributed by atoms with E-state index in [0.29, 0.717) is 11.2 Å². The van der Waals surface area contributed by atoms with Gasteiger partial charge in [-0.3, -0.25) is 9.71 Å². The minimum Gasteiger partial charge on any atom is -0.399 e. The molecular weight excluding hydrogens is 279 g/mol. The molecule has 0 aromatic carbocycles. The fourth-order valence-corrected chi connectivity index (χ4v) is 2.44. The van der Waals surface area contributed by atoms with Gasteiger partial charge in [-0.05, 0) is 33.8 Å². The van der Waals surface area contributed by atoms with Gasteiger partial charge in [-0.25, -0.2) is 8.42 Å². The summed E-state index contributed by atoms with van der Waals surface area (Å²) in [6.45, 7) is 7.77. The molecule has 20 heavy (non-hydrogen) atoms. The molecule has 8 heteroatoms.